The Morgan fingerprint density at radius 1 is 0.452 bits per heavy atom. The predicted molar refractivity (Wildman–Crippen MR) is 187 cm³/mol. The molecule has 356 valence electrons. The number of carbonyl (C=O) groups excluding carboxylic acids is 2. The number of aliphatic hydroxyl groups is 12. The first-order valence-electron chi connectivity index (χ1n) is 19.5. The summed E-state index contributed by atoms with van der Waals surface area (Å²) in [6.07, 6.45) is -45.9. The summed E-state index contributed by atoms with van der Waals surface area (Å²) in [5, 5.41) is 145. The summed E-state index contributed by atoms with van der Waals surface area (Å²) in [6, 6.07) is -3.55. The van der Waals surface area contributed by atoms with E-state index in [1.54, 1.807) is 0 Å². The molecule has 0 spiro atoms. The molecule has 2 amide bonds. The van der Waals surface area contributed by atoms with Crippen molar-refractivity contribution >= 4 is 17.8 Å². The number of rotatable bonds is 9. The minimum absolute atomic E-state index is 0.821. The summed E-state index contributed by atoms with van der Waals surface area (Å²) in [4.78, 5) is 38.3. The fraction of sp³-hybridized carbons (Fsp3) is 0.912. The number of amides is 2. The summed E-state index contributed by atoms with van der Waals surface area (Å²) in [6.45, 7) is -1.94. The first-order chi connectivity index (χ1) is 29.3. The van der Waals surface area contributed by atoms with Crippen molar-refractivity contribution in [2.75, 3.05) is 26.4 Å². The molecule has 8 fully saturated rings. The molecule has 8 heterocycles. The van der Waals surface area contributed by atoms with Crippen LogP contribution in [0.5, 0.6) is 0 Å². The number of aliphatic hydroxyl groups excluding tert-OH is 12. The average Bonchev–Trinajstić information content (AvgIpc) is 3.22. The van der Waals surface area contributed by atoms with E-state index in [4.69, 9.17) is 47.4 Å². The smallest absolute Gasteiger partial charge is 0.335 e. The maximum Gasteiger partial charge on any atom is 0.335 e. The number of carbonyl (C=O) groups is 3. The number of carboxylic acid groups (broad SMARTS) is 1. The van der Waals surface area contributed by atoms with Gasteiger partial charge in [-0.15, -0.1) is 0 Å². The molecular formula is C34H54N2O26. The van der Waals surface area contributed by atoms with Crippen LogP contribution in [-0.2, 0) is 61.8 Å². The summed E-state index contributed by atoms with van der Waals surface area (Å²) >= 11 is 0. The highest BCUT2D eigenvalue weighted by molar-refractivity contribution is 5.74. The monoisotopic (exact) mass is 906 g/mol. The maximum absolute atomic E-state index is 12.9. The second-order valence-electron chi connectivity index (χ2n) is 15.5. The first-order valence-corrected chi connectivity index (χ1v) is 19.5. The van der Waals surface area contributed by atoms with Crippen molar-refractivity contribution in [3.63, 3.8) is 0 Å². The molecule has 8 saturated heterocycles. The van der Waals surface area contributed by atoms with Crippen LogP contribution in [0, 0.1) is 0 Å². The van der Waals surface area contributed by atoms with E-state index in [9.17, 15) is 80.8 Å². The molecule has 15 N–H and O–H groups in total. The molecule has 0 aromatic rings. The maximum atomic E-state index is 12.9. The van der Waals surface area contributed by atoms with Gasteiger partial charge in [-0.05, 0) is 0 Å². The van der Waals surface area contributed by atoms with Crippen molar-refractivity contribution in [2.24, 2.45) is 0 Å². The van der Waals surface area contributed by atoms with Crippen LogP contribution >= 0.6 is 0 Å². The van der Waals surface area contributed by atoms with Gasteiger partial charge in [0.05, 0.1) is 26.4 Å². The molecular weight excluding hydrogens is 852 g/mol. The molecule has 8 rings (SSSR count). The third-order valence-electron chi connectivity index (χ3n) is 11.3. The molecule has 25 atom stereocenters. The van der Waals surface area contributed by atoms with Crippen molar-refractivity contribution in [1.29, 1.82) is 0 Å². The van der Waals surface area contributed by atoms with E-state index >= 15 is 0 Å². The lowest BCUT2D eigenvalue weighted by atomic mass is 9.92. The lowest BCUT2D eigenvalue weighted by molar-refractivity contribution is -0.398. The van der Waals surface area contributed by atoms with Crippen LogP contribution in [0.2, 0.25) is 0 Å². The lowest BCUT2D eigenvalue weighted by Crippen LogP contribution is -2.73. The summed E-state index contributed by atoms with van der Waals surface area (Å²) < 4.78 is 58.7. The molecule has 28 heteroatoms. The van der Waals surface area contributed by atoms with Gasteiger partial charge >= 0.3 is 5.97 Å². The van der Waals surface area contributed by atoms with Gasteiger partial charge in [0.1, 0.15) is 116 Å². The zero-order valence-corrected chi connectivity index (χ0v) is 32.9. The summed E-state index contributed by atoms with van der Waals surface area (Å²) in [5.41, 5.74) is 0. The predicted octanol–water partition coefficient (Wildman–Crippen LogP) is -10.5. The molecule has 0 radical (unpaired) electrons. The Bertz CT molecular complexity index is 1530. The highest BCUT2D eigenvalue weighted by atomic mass is 16.8. The van der Waals surface area contributed by atoms with E-state index in [0.29, 0.717) is 0 Å². The molecule has 8 aliphatic heterocycles. The van der Waals surface area contributed by atoms with Gasteiger partial charge < -0.3 is 124 Å². The van der Waals surface area contributed by atoms with Crippen LogP contribution in [0.25, 0.3) is 0 Å². The minimum Gasteiger partial charge on any atom is -0.479 e. The molecule has 62 heavy (non-hydrogen) atoms. The highest BCUT2D eigenvalue weighted by Gasteiger charge is 2.60. The topological polar surface area (TPSA) is 431 Å². The number of aliphatic carboxylic acids is 1. The molecule has 0 unspecified atom stereocenters. The molecule has 0 aliphatic carbocycles. The Balaban J connectivity index is 1.52. The second-order valence-corrected chi connectivity index (χ2v) is 15.5. The van der Waals surface area contributed by atoms with Gasteiger partial charge in [0, 0.05) is 13.8 Å². The third kappa shape index (κ3) is 9.72. The fourth-order valence-corrected chi connectivity index (χ4v) is 8.20. The van der Waals surface area contributed by atoms with Crippen molar-refractivity contribution < 1.29 is 128 Å². The number of hydrogen-bond donors (Lipinski definition) is 15. The van der Waals surface area contributed by atoms with Gasteiger partial charge in [0.15, 0.2) is 37.6 Å². The quantitative estimate of drug-likeness (QED) is 0.102. The first kappa shape index (κ1) is 49.0. The zero-order valence-electron chi connectivity index (χ0n) is 32.9. The average molecular weight is 907 g/mol. The van der Waals surface area contributed by atoms with Crippen LogP contribution in [0.15, 0.2) is 0 Å². The second kappa shape index (κ2) is 20.4. The summed E-state index contributed by atoms with van der Waals surface area (Å²) in [5.74, 6) is -3.55. The van der Waals surface area contributed by atoms with Gasteiger partial charge in [-0.2, -0.15) is 0 Å². The molecule has 28 nitrogen and oxygen atoms in total. The lowest BCUT2D eigenvalue weighted by Gasteiger charge is -2.53. The van der Waals surface area contributed by atoms with Crippen LogP contribution < -0.4 is 10.6 Å². The zero-order chi connectivity index (χ0) is 45.5. The van der Waals surface area contributed by atoms with Crippen LogP contribution in [0.1, 0.15) is 13.8 Å². The Morgan fingerprint density at radius 2 is 0.919 bits per heavy atom. The SMILES string of the molecule is CC(=O)N[C@H]1[C@H]2O[C@@H]3[C@H](O)[C@@H](O)[C@@H](O[C@H]4[C@@H](O)[C@@H](CO)O[C@H](O[C@H]5[C@H](O)[C@@H](CO)O[C@@H](O[C@H]([C@@H]1O[C@@H]1O[C@H](CO)[C@H](O)[C@H](O)[C@H]1O)[C@@H](CO)O2)[C@@H]5NC(C)=O)[C@@H]4O)O[C@@H]3C(=O)O. The Labute approximate surface area is 350 Å². The number of ether oxygens (including phenoxy) is 10. The third-order valence-corrected chi connectivity index (χ3v) is 11.3. The minimum atomic E-state index is -2.31. The van der Waals surface area contributed by atoms with E-state index in [2.05, 4.69) is 10.6 Å². The molecule has 8 aliphatic rings. The Morgan fingerprint density at radius 3 is 1.50 bits per heavy atom. The van der Waals surface area contributed by atoms with Gasteiger partial charge in [-0.1, -0.05) is 0 Å². The van der Waals surface area contributed by atoms with E-state index in [1.165, 1.54) is 0 Å². The van der Waals surface area contributed by atoms with E-state index in [0.717, 1.165) is 13.8 Å². The van der Waals surface area contributed by atoms with Gasteiger partial charge in [-0.25, -0.2) is 4.79 Å². The van der Waals surface area contributed by atoms with E-state index < -0.39 is 198 Å². The normalized spacial score (nSPS) is 49.9. The number of nitrogens with one attached hydrogen (secondary N) is 2. The van der Waals surface area contributed by atoms with Crippen molar-refractivity contribution in [1.82, 2.24) is 10.6 Å². The van der Waals surface area contributed by atoms with E-state index in [1.807, 2.05) is 0 Å². The van der Waals surface area contributed by atoms with Crippen LogP contribution in [0.4, 0.5) is 0 Å². The number of hydrogen-bond acceptors (Lipinski definition) is 25. The van der Waals surface area contributed by atoms with Crippen molar-refractivity contribution in [3.8, 4) is 0 Å². The summed E-state index contributed by atoms with van der Waals surface area (Å²) in [7, 11) is 0. The number of fused-ring (bicyclic) bond motifs is 2. The standard InChI is InChI=1S/C34H54N2O26/c1-7(41)35-13-24-16(44)10(4-38)53-30(13)57-23-12(6-40)56-31(14(36-8(2)42)25(23)59-32-20(48)18(46)15(43)9(3-37)54-32)61-27-19(47)21(49)33(62-28(27)29(51)52)60-26-17(45)11(5-39)55-34(58-24)22(26)50/h9-28,30-34,37-40,43-50H,3-6H2,1-2H3,(H,35,41)(H,36,42)(H,51,52)/t9-,10-,11-,12-,13-,14-,15+,16-,17+,18+,19-,20-,21-,22-,23+,24-,25-,26+,27-,28+,30+,31-,32+,33+,34-/m1/s1. The number of carboxylic acids is 1. The van der Waals surface area contributed by atoms with Crippen molar-refractivity contribution in [2.45, 2.75) is 167 Å². The van der Waals surface area contributed by atoms with Gasteiger partial charge in [0.25, 0.3) is 0 Å². The van der Waals surface area contributed by atoms with Crippen molar-refractivity contribution in [3.05, 3.63) is 0 Å². The highest BCUT2D eigenvalue weighted by Crippen LogP contribution is 2.38. The molecule has 0 saturated carbocycles. The molecule has 8 bridgehead atoms. The van der Waals surface area contributed by atoms with Crippen LogP contribution in [0.3, 0.4) is 0 Å². The van der Waals surface area contributed by atoms with E-state index in [-0.39, 0.29) is 0 Å². The largest absolute Gasteiger partial charge is 0.479 e. The van der Waals surface area contributed by atoms with Gasteiger partial charge in [-0.3, -0.25) is 9.59 Å². The Kier molecular flexibility index (Phi) is 16.1. The Hall–Kier alpha value is -2.47. The fourth-order valence-electron chi connectivity index (χ4n) is 8.20. The van der Waals surface area contributed by atoms with Crippen LogP contribution in [-0.4, -0.2) is 264 Å². The molecule has 0 aromatic carbocycles. The molecule has 0 aromatic heterocycles. The van der Waals surface area contributed by atoms with Gasteiger partial charge in [0.2, 0.25) is 11.8 Å².